The van der Waals surface area contributed by atoms with Gasteiger partial charge in [0.15, 0.2) is 0 Å². The third-order valence-electron chi connectivity index (χ3n) is 8.07. The third kappa shape index (κ3) is 6.11. The second-order valence-corrected chi connectivity index (χ2v) is 13.9. The molecule has 2 atom stereocenters. The van der Waals surface area contributed by atoms with Crippen LogP contribution < -0.4 is 0 Å². The number of nitrogens with zero attached hydrogens (tertiary/aromatic N) is 2. The number of sulfonamides is 1. The van der Waals surface area contributed by atoms with Crippen LogP contribution in [0.15, 0.2) is 53.4 Å². The van der Waals surface area contributed by atoms with Gasteiger partial charge in [0.25, 0.3) is 0 Å². The van der Waals surface area contributed by atoms with Gasteiger partial charge < -0.3 is 0 Å². The summed E-state index contributed by atoms with van der Waals surface area (Å²) in [6.07, 6.45) is -0.553. The Morgan fingerprint density at radius 2 is 1.63 bits per heavy atom. The van der Waals surface area contributed by atoms with Crippen molar-refractivity contribution in [3.63, 3.8) is 0 Å². The van der Waals surface area contributed by atoms with Gasteiger partial charge >= 0.3 is 6.18 Å². The van der Waals surface area contributed by atoms with Crippen molar-refractivity contribution in [1.82, 2.24) is 9.37 Å². The molecule has 2 aromatic rings. The van der Waals surface area contributed by atoms with E-state index in [1.165, 1.54) is 16.4 Å². The van der Waals surface area contributed by atoms with E-state index in [1.807, 2.05) is 12.0 Å². The smallest absolute Gasteiger partial charge is 0.296 e. The van der Waals surface area contributed by atoms with E-state index in [0.717, 1.165) is 30.9 Å². The van der Waals surface area contributed by atoms with Crippen LogP contribution >= 0.6 is 0 Å². The SMILES string of the molecule is Cc1ccc(S(=O)(=O)N2CC[C@@H](Cc3cccc(C(F)(F)F)c3)[C@H]2CON2C(C)(C)CCCC2(C)C)cc1. The predicted molar refractivity (Wildman–Crippen MR) is 142 cm³/mol. The van der Waals surface area contributed by atoms with Gasteiger partial charge in [-0.05, 0) is 96.4 Å². The minimum atomic E-state index is -4.43. The lowest BCUT2D eigenvalue weighted by molar-refractivity contribution is -0.285. The second-order valence-electron chi connectivity index (χ2n) is 12.0. The number of hydrogen-bond donors (Lipinski definition) is 0. The quantitative estimate of drug-likeness (QED) is 0.388. The molecule has 0 bridgehead atoms. The van der Waals surface area contributed by atoms with Crippen LogP contribution in [0.3, 0.4) is 0 Å². The maximum Gasteiger partial charge on any atom is 0.416 e. The molecule has 2 fully saturated rings. The largest absolute Gasteiger partial charge is 0.416 e. The fraction of sp³-hybridized carbons (Fsp3) is 0.586. The van der Waals surface area contributed by atoms with Gasteiger partial charge in [0, 0.05) is 17.6 Å². The van der Waals surface area contributed by atoms with Crippen molar-refractivity contribution in [1.29, 1.82) is 0 Å². The predicted octanol–water partition coefficient (Wildman–Crippen LogP) is 6.61. The number of rotatable bonds is 7. The third-order valence-corrected chi connectivity index (χ3v) is 10.0. The van der Waals surface area contributed by atoms with Crippen LogP contribution in [-0.2, 0) is 27.5 Å². The van der Waals surface area contributed by atoms with Gasteiger partial charge in [0.1, 0.15) is 0 Å². The first kappa shape index (κ1) is 29.1. The van der Waals surface area contributed by atoms with E-state index in [4.69, 9.17) is 4.84 Å². The van der Waals surface area contributed by atoms with Gasteiger partial charge in [-0.3, -0.25) is 4.84 Å². The minimum absolute atomic E-state index is 0.140. The Kier molecular flexibility index (Phi) is 8.07. The van der Waals surface area contributed by atoms with Crippen molar-refractivity contribution in [2.45, 2.75) is 94.9 Å². The Hall–Kier alpha value is -1.94. The van der Waals surface area contributed by atoms with Crippen molar-refractivity contribution in [3.05, 3.63) is 65.2 Å². The molecule has 9 heteroatoms. The molecular formula is C29H39F3N2O3S. The highest BCUT2D eigenvalue weighted by Crippen LogP contribution is 2.40. The first-order valence-corrected chi connectivity index (χ1v) is 14.7. The average molecular weight is 553 g/mol. The van der Waals surface area contributed by atoms with Crippen LogP contribution in [-0.4, -0.2) is 48.1 Å². The summed E-state index contributed by atoms with van der Waals surface area (Å²) in [7, 11) is -3.82. The molecule has 0 saturated carbocycles. The standard InChI is InChI=1S/C29H39F3N2O3S/c1-21-10-12-25(13-11-21)38(35,36)33-17-14-23(18-22-8-6-9-24(19-22)29(30,31)32)26(33)20-37-34-27(2,3)15-7-16-28(34,4)5/h6,8-13,19,23,26H,7,14-18,20H2,1-5H3/t23-,26+/m0/s1. The van der Waals surface area contributed by atoms with Crippen LogP contribution in [0.25, 0.3) is 0 Å². The van der Waals surface area contributed by atoms with Crippen LogP contribution in [0.1, 0.15) is 70.1 Å². The van der Waals surface area contributed by atoms with Crippen molar-refractivity contribution in [2.75, 3.05) is 13.2 Å². The first-order valence-electron chi connectivity index (χ1n) is 13.3. The molecule has 210 valence electrons. The monoisotopic (exact) mass is 552 g/mol. The van der Waals surface area contributed by atoms with Gasteiger partial charge in [-0.15, -0.1) is 0 Å². The van der Waals surface area contributed by atoms with E-state index in [1.54, 1.807) is 30.3 Å². The van der Waals surface area contributed by atoms with Gasteiger partial charge in [0.2, 0.25) is 10.0 Å². The minimum Gasteiger partial charge on any atom is -0.296 e. The lowest BCUT2D eigenvalue weighted by Crippen LogP contribution is -2.59. The van der Waals surface area contributed by atoms with Crippen LogP contribution in [0.5, 0.6) is 0 Å². The Labute approximate surface area is 225 Å². The molecule has 0 aromatic heterocycles. The molecule has 2 saturated heterocycles. The fourth-order valence-electron chi connectivity index (χ4n) is 6.14. The number of benzene rings is 2. The van der Waals surface area contributed by atoms with E-state index < -0.39 is 27.8 Å². The normalized spacial score (nSPS) is 24.5. The van der Waals surface area contributed by atoms with E-state index in [-0.39, 0.29) is 28.5 Å². The zero-order valence-electron chi connectivity index (χ0n) is 22.9. The molecule has 0 amide bonds. The Balaban J connectivity index is 1.64. The van der Waals surface area contributed by atoms with E-state index in [0.29, 0.717) is 24.9 Å². The Bertz CT molecular complexity index is 1210. The summed E-state index contributed by atoms with van der Waals surface area (Å²) in [5, 5.41) is 2.01. The molecule has 0 radical (unpaired) electrons. The van der Waals surface area contributed by atoms with Gasteiger partial charge in [-0.2, -0.15) is 22.5 Å². The molecule has 38 heavy (non-hydrogen) atoms. The Morgan fingerprint density at radius 1 is 1.00 bits per heavy atom. The average Bonchev–Trinajstić information content (AvgIpc) is 3.21. The van der Waals surface area contributed by atoms with Crippen LogP contribution in [0, 0.1) is 12.8 Å². The molecule has 0 unspecified atom stereocenters. The summed E-state index contributed by atoms with van der Waals surface area (Å²) >= 11 is 0. The summed E-state index contributed by atoms with van der Waals surface area (Å²) in [4.78, 5) is 6.69. The molecule has 4 rings (SSSR count). The molecule has 2 heterocycles. The van der Waals surface area contributed by atoms with E-state index in [2.05, 4.69) is 27.7 Å². The maximum absolute atomic E-state index is 13.8. The lowest BCUT2D eigenvalue weighted by atomic mass is 9.82. The topological polar surface area (TPSA) is 49.9 Å². The van der Waals surface area contributed by atoms with Crippen molar-refractivity contribution >= 4 is 10.0 Å². The van der Waals surface area contributed by atoms with Gasteiger partial charge in [-0.25, -0.2) is 8.42 Å². The number of piperidine rings is 1. The number of aryl methyl sites for hydroxylation is 1. The van der Waals surface area contributed by atoms with Gasteiger partial charge in [0.05, 0.1) is 23.1 Å². The molecule has 0 spiro atoms. The lowest BCUT2D eigenvalue weighted by Gasteiger charge is -2.51. The number of hydrogen-bond acceptors (Lipinski definition) is 4. The molecule has 2 aromatic carbocycles. The maximum atomic E-state index is 13.8. The Morgan fingerprint density at radius 3 is 2.24 bits per heavy atom. The summed E-state index contributed by atoms with van der Waals surface area (Å²) in [5.74, 6) is -0.185. The number of alkyl halides is 3. The molecule has 2 aliphatic rings. The van der Waals surface area contributed by atoms with Crippen molar-refractivity contribution < 1.29 is 26.4 Å². The highest BCUT2D eigenvalue weighted by molar-refractivity contribution is 7.89. The molecule has 0 aliphatic carbocycles. The molecular weight excluding hydrogens is 513 g/mol. The molecule has 2 aliphatic heterocycles. The zero-order valence-corrected chi connectivity index (χ0v) is 23.7. The highest BCUT2D eigenvalue weighted by atomic mass is 32.2. The number of hydroxylamine groups is 2. The van der Waals surface area contributed by atoms with Crippen LogP contribution in [0.2, 0.25) is 0 Å². The number of halogens is 3. The summed E-state index contributed by atoms with van der Waals surface area (Å²) in [6, 6.07) is 11.6. The summed E-state index contributed by atoms with van der Waals surface area (Å²) in [5.41, 5.74) is 0.363. The first-order chi connectivity index (χ1) is 17.6. The zero-order chi connectivity index (χ0) is 27.9. The van der Waals surface area contributed by atoms with Gasteiger partial charge in [-0.1, -0.05) is 35.9 Å². The van der Waals surface area contributed by atoms with Crippen molar-refractivity contribution in [2.24, 2.45) is 5.92 Å². The summed E-state index contributed by atoms with van der Waals surface area (Å²) < 4.78 is 69.1. The highest BCUT2D eigenvalue weighted by Gasteiger charge is 2.46. The summed E-state index contributed by atoms with van der Waals surface area (Å²) in [6.45, 7) is 10.8. The van der Waals surface area contributed by atoms with Crippen molar-refractivity contribution in [3.8, 4) is 0 Å². The molecule has 0 N–H and O–H groups in total. The van der Waals surface area contributed by atoms with E-state index >= 15 is 0 Å². The fourth-order valence-corrected chi connectivity index (χ4v) is 7.83. The second kappa shape index (κ2) is 10.6. The molecule has 5 nitrogen and oxygen atoms in total. The van der Waals surface area contributed by atoms with Crippen LogP contribution in [0.4, 0.5) is 13.2 Å². The van der Waals surface area contributed by atoms with E-state index in [9.17, 15) is 21.6 Å².